The second-order valence-corrected chi connectivity index (χ2v) is 3.64. The first-order chi connectivity index (χ1) is 3.72. The van der Waals surface area contributed by atoms with Crippen LogP contribution in [0.3, 0.4) is 0 Å². The van der Waals surface area contributed by atoms with Gasteiger partial charge in [0, 0.05) is 0 Å². The summed E-state index contributed by atoms with van der Waals surface area (Å²) in [5.74, 6) is 1.93. The molecule has 0 aromatic rings. The van der Waals surface area contributed by atoms with Crippen LogP contribution in [-0.4, -0.2) is 16.3 Å². The Balaban J connectivity index is 3.35. The van der Waals surface area contributed by atoms with E-state index in [0.717, 1.165) is 11.8 Å². The molecule has 0 N–H and O–H groups in total. The highest BCUT2D eigenvalue weighted by atomic mass is 27.0. The zero-order valence-corrected chi connectivity index (χ0v) is 8.57. The van der Waals surface area contributed by atoms with E-state index in [1.54, 1.807) is 0 Å². The van der Waals surface area contributed by atoms with Gasteiger partial charge in [0.1, 0.15) is 0 Å². The molecule has 0 nitrogen and oxygen atoms in total. The van der Waals surface area contributed by atoms with Crippen molar-refractivity contribution in [1.82, 2.24) is 0 Å². The molecule has 1 heteroatoms. The third kappa shape index (κ3) is 2.75. The summed E-state index contributed by atoms with van der Waals surface area (Å²) < 4.78 is 0. The minimum atomic E-state index is 0.914. The monoisotopic (exact) mass is 128 g/mol. The lowest BCUT2D eigenvalue weighted by molar-refractivity contribution is 0.408. The van der Waals surface area contributed by atoms with Crippen molar-refractivity contribution in [2.45, 2.75) is 32.5 Å². The molecule has 0 saturated carbocycles. The average molecular weight is 128 g/mol. The first-order valence-electron chi connectivity index (χ1n) is 3.72. The Morgan fingerprint density at radius 1 is 1.38 bits per heavy atom. The van der Waals surface area contributed by atoms with Crippen LogP contribution in [0, 0.1) is 11.8 Å². The van der Waals surface area contributed by atoms with Crippen molar-refractivity contribution in [1.29, 1.82) is 0 Å². The molecule has 0 aliphatic rings. The van der Waals surface area contributed by atoms with Crippen molar-refractivity contribution in [2.24, 2.45) is 11.8 Å². The fraction of sp³-hybridized carbons (Fsp3) is 1.00. The Morgan fingerprint density at radius 3 is 1.88 bits per heavy atom. The summed E-state index contributed by atoms with van der Waals surface area (Å²) in [6, 6.07) is 0. The van der Waals surface area contributed by atoms with Crippen LogP contribution in [0.1, 0.15) is 27.2 Å². The van der Waals surface area contributed by atoms with E-state index in [-0.39, 0.29) is 0 Å². The molecule has 1 atom stereocenters. The molecule has 48 valence electrons. The molecule has 0 spiro atoms. The third-order valence-corrected chi connectivity index (χ3v) is 3.04. The fourth-order valence-corrected chi connectivity index (χ4v) is 2.75. The van der Waals surface area contributed by atoms with Gasteiger partial charge in [0.25, 0.3) is 0 Å². The summed E-state index contributed by atoms with van der Waals surface area (Å²) in [4.78, 5) is 0. The summed E-state index contributed by atoms with van der Waals surface area (Å²) >= 11 is 1.38. The van der Waals surface area contributed by atoms with E-state index in [4.69, 9.17) is 0 Å². The molecular formula is C7H17Al. The molecule has 8 heavy (non-hydrogen) atoms. The van der Waals surface area contributed by atoms with Crippen LogP contribution in [0.25, 0.3) is 0 Å². The Kier molecular flexibility index (Phi) is 4.71. The molecular weight excluding hydrogens is 111 g/mol. The van der Waals surface area contributed by atoms with Crippen molar-refractivity contribution >= 4 is 16.3 Å². The summed E-state index contributed by atoms with van der Waals surface area (Å²) in [5.41, 5.74) is 0. The molecule has 0 fully saturated rings. The van der Waals surface area contributed by atoms with Gasteiger partial charge in [0.15, 0.2) is 0 Å². The Labute approximate surface area is 61.1 Å². The van der Waals surface area contributed by atoms with Crippen LogP contribution in [0.2, 0.25) is 5.28 Å². The molecule has 0 saturated heterocycles. The second-order valence-electron chi connectivity index (χ2n) is 2.82. The van der Waals surface area contributed by atoms with E-state index < -0.39 is 0 Å². The predicted molar refractivity (Wildman–Crippen MR) is 42.0 cm³/mol. The van der Waals surface area contributed by atoms with Gasteiger partial charge in [-0.25, -0.2) is 0 Å². The summed E-state index contributed by atoms with van der Waals surface area (Å²) in [6.45, 7) is 6.95. The van der Waals surface area contributed by atoms with Gasteiger partial charge in [-0.15, -0.1) is 0 Å². The van der Waals surface area contributed by atoms with Crippen molar-refractivity contribution in [3.8, 4) is 0 Å². The molecule has 0 aromatic heterocycles. The first kappa shape index (κ1) is 8.53. The van der Waals surface area contributed by atoms with Crippen LogP contribution < -0.4 is 0 Å². The third-order valence-electron chi connectivity index (χ3n) is 1.99. The van der Waals surface area contributed by atoms with Gasteiger partial charge in [0.05, 0.1) is 0 Å². The molecule has 0 aromatic carbocycles. The smallest absolute Gasteiger partial charge is 0.0983 e. The highest BCUT2D eigenvalue weighted by Crippen LogP contribution is 2.16. The molecule has 0 heterocycles. The maximum atomic E-state index is 2.33. The van der Waals surface area contributed by atoms with Gasteiger partial charge in [-0.1, -0.05) is 38.4 Å². The fourth-order valence-electron chi connectivity index (χ4n) is 1.23. The summed E-state index contributed by atoms with van der Waals surface area (Å²) in [5, 5.41) is 1.48. The van der Waals surface area contributed by atoms with Crippen LogP contribution >= 0.6 is 0 Å². The number of hydrogen-bond donors (Lipinski definition) is 0. The molecule has 0 rings (SSSR count). The Hall–Kier alpha value is 0.532. The Bertz CT molecular complexity index is 46.3. The van der Waals surface area contributed by atoms with Gasteiger partial charge < -0.3 is 0 Å². The van der Waals surface area contributed by atoms with Crippen molar-refractivity contribution < 1.29 is 0 Å². The summed E-state index contributed by atoms with van der Waals surface area (Å²) in [7, 11) is 0. The zero-order chi connectivity index (χ0) is 6.57. The molecule has 0 amide bonds. The van der Waals surface area contributed by atoms with E-state index >= 15 is 0 Å². The first-order valence-corrected chi connectivity index (χ1v) is 5.13. The lowest BCUT2D eigenvalue weighted by Crippen LogP contribution is -2.05. The molecule has 0 aliphatic carbocycles. The lowest BCUT2D eigenvalue weighted by atomic mass is 9.95. The standard InChI is InChI=1S/C7H15.Al.2H/c1-5-7(4)6(2)3;;;/h6-7H,4-5H2,1-3H3;;;. The highest BCUT2D eigenvalue weighted by molar-refractivity contribution is 6.08. The minimum Gasteiger partial charge on any atom is -0.0983 e. The Morgan fingerprint density at radius 2 is 1.88 bits per heavy atom. The molecule has 0 bridgehead atoms. The number of hydrogen-bond acceptors (Lipinski definition) is 0. The normalized spacial score (nSPS) is 14.5. The van der Waals surface area contributed by atoms with E-state index in [1.807, 2.05) is 0 Å². The van der Waals surface area contributed by atoms with Crippen LogP contribution in [-0.2, 0) is 0 Å². The van der Waals surface area contributed by atoms with Crippen LogP contribution in [0.5, 0.6) is 0 Å². The van der Waals surface area contributed by atoms with Crippen molar-refractivity contribution in [3.05, 3.63) is 0 Å². The van der Waals surface area contributed by atoms with Crippen LogP contribution in [0.15, 0.2) is 0 Å². The van der Waals surface area contributed by atoms with Gasteiger partial charge in [-0.05, 0) is 5.92 Å². The van der Waals surface area contributed by atoms with E-state index in [0.29, 0.717) is 0 Å². The van der Waals surface area contributed by atoms with Gasteiger partial charge in [0.2, 0.25) is 16.3 Å². The molecule has 0 radical (unpaired) electrons. The molecule has 1 unspecified atom stereocenters. The SMILES string of the molecule is CCC([CH2][AlH2])C(C)C. The highest BCUT2D eigenvalue weighted by Gasteiger charge is 2.06. The average Bonchev–Trinajstić information content (AvgIpc) is 1.69. The van der Waals surface area contributed by atoms with Gasteiger partial charge >= 0.3 is 0 Å². The van der Waals surface area contributed by atoms with Crippen LogP contribution in [0.4, 0.5) is 0 Å². The maximum absolute atomic E-state index is 2.33. The minimum absolute atomic E-state index is 0.914. The number of rotatable bonds is 3. The molecule has 0 aliphatic heterocycles. The zero-order valence-electron chi connectivity index (χ0n) is 6.57. The van der Waals surface area contributed by atoms with E-state index in [1.165, 1.54) is 28.0 Å². The van der Waals surface area contributed by atoms with E-state index in [9.17, 15) is 0 Å². The van der Waals surface area contributed by atoms with Gasteiger partial charge in [-0.2, -0.15) is 0 Å². The van der Waals surface area contributed by atoms with E-state index in [2.05, 4.69) is 20.8 Å². The largest absolute Gasteiger partial charge is 0.212 e. The van der Waals surface area contributed by atoms with Crippen molar-refractivity contribution in [2.75, 3.05) is 0 Å². The van der Waals surface area contributed by atoms with Gasteiger partial charge in [-0.3, -0.25) is 0 Å². The van der Waals surface area contributed by atoms with Crippen molar-refractivity contribution in [3.63, 3.8) is 0 Å². The topological polar surface area (TPSA) is 0 Å². The maximum Gasteiger partial charge on any atom is 0.212 e. The summed E-state index contributed by atoms with van der Waals surface area (Å²) in [6.07, 6.45) is 1.38. The lowest BCUT2D eigenvalue weighted by Gasteiger charge is -2.15. The quantitative estimate of drug-likeness (QED) is 0.508. The second kappa shape index (κ2) is 4.42. The predicted octanol–water partition coefficient (Wildman–Crippen LogP) is 1.72.